The SMILES string of the molecule is C[C@H]1CN(C(=O)c2cccn(C)c2=O)C[C@H](C)N1. The van der Waals surface area contributed by atoms with Crippen LogP contribution >= 0.6 is 0 Å². The molecule has 1 saturated heterocycles. The number of rotatable bonds is 1. The van der Waals surface area contributed by atoms with Crippen molar-refractivity contribution < 1.29 is 4.79 Å². The molecule has 5 heteroatoms. The second-order valence-corrected chi connectivity index (χ2v) is 5.02. The molecule has 1 N–H and O–H groups in total. The van der Waals surface area contributed by atoms with E-state index in [1.165, 1.54) is 4.57 Å². The molecule has 2 atom stereocenters. The van der Waals surface area contributed by atoms with Crippen molar-refractivity contribution >= 4 is 5.91 Å². The van der Waals surface area contributed by atoms with Gasteiger partial charge in [0.2, 0.25) is 0 Å². The van der Waals surface area contributed by atoms with E-state index >= 15 is 0 Å². The van der Waals surface area contributed by atoms with Gasteiger partial charge in [0.15, 0.2) is 0 Å². The molecule has 1 aromatic heterocycles. The smallest absolute Gasteiger partial charge is 0.263 e. The molecule has 1 amide bonds. The minimum absolute atomic E-state index is 0.170. The molecule has 0 spiro atoms. The maximum Gasteiger partial charge on any atom is 0.263 e. The van der Waals surface area contributed by atoms with Crippen LogP contribution in [0.25, 0.3) is 0 Å². The third-order valence-corrected chi connectivity index (χ3v) is 3.20. The molecule has 1 aromatic rings. The first-order valence-corrected chi connectivity index (χ1v) is 6.20. The largest absolute Gasteiger partial charge is 0.335 e. The molecule has 0 saturated carbocycles. The van der Waals surface area contributed by atoms with Gasteiger partial charge in [0.05, 0.1) is 0 Å². The van der Waals surface area contributed by atoms with Crippen LogP contribution in [0.4, 0.5) is 0 Å². The van der Waals surface area contributed by atoms with Gasteiger partial charge in [-0.05, 0) is 26.0 Å². The van der Waals surface area contributed by atoms with Crippen LogP contribution in [-0.4, -0.2) is 40.5 Å². The Morgan fingerprint density at radius 1 is 1.33 bits per heavy atom. The van der Waals surface area contributed by atoms with E-state index in [-0.39, 0.29) is 29.1 Å². The fourth-order valence-electron chi connectivity index (χ4n) is 2.42. The number of pyridine rings is 1. The third kappa shape index (κ3) is 2.46. The predicted octanol–water partition coefficient (Wildman–Crippen LogP) is 0.208. The van der Waals surface area contributed by atoms with Crippen molar-refractivity contribution in [2.75, 3.05) is 13.1 Å². The fraction of sp³-hybridized carbons (Fsp3) is 0.538. The number of piperazine rings is 1. The van der Waals surface area contributed by atoms with E-state index in [9.17, 15) is 9.59 Å². The first-order chi connectivity index (χ1) is 8.49. The number of aromatic nitrogens is 1. The molecular weight excluding hydrogens is 230 g/mol. The molecule has 0 bridgehead atoms. The second kappa shape index (κ2) is 4.94. The van der Waals surface area contributed by atoms with Gasteiger partial charge in [0.1, 0.15) is 5.56 Å². The lowest BCUT2D eigenvalue weighted by molar-refractivity contribution is 0.0671. The monoisotopic (exact) mass is 249 g/mol. The normalized spacial score (nSPS) is 24.1. The van der Waals surface area contributed by atoms with Gasteiger partial charge in [-0.15, -0.1) is 0 Å². The molecule has 18 heavy (non-hydrogen) atoms. The van der Waals surface area contributed by atoms with Crippen molar-refractivity contribution in [1.29, 1.82) is 0 Å². The summed E-state index contributed by atoms with van der Waals surface area (Å²) in [6.45, 7) is 5.36. The van der Waals surface area contributed by atoms with Crippen LogP contribution < -0.4 is 10.9 Å². The Balaban J connectivity index is 2.26. The highest BCUT2D eigenvalue weighted by atomic mass is 16.2. The maximum atomic E-state index is 12.3. The zero-order chi connectivity index (χ0) is 13.3. The molecule has 5 nitrogen and oxygen atoms in total. The molecule has 1 aliphatic heterocycles. The molecule has 0 aliphatic carbocycles. The lowest BCUT2D eigenvalue weighted by atomic mass is 10.1. The second-order valence-electron chi connectivity index (χ2n) is 5.02. The average Bonchev–Trinajstić information content (AvgIpc) is 2.30. The van der Waals surface area contributed by atoms with Gasteiger partial charge >= 0.3 is 0 Å². The average molecular weight is 249 g/mol. The van der Waals surface area contributed by atoms with Gasteiger partial charge in [0, 0.05) is 38.4 Å². The Labute approximate surface area is 106 Å². The van der Waals surface area contributed by atoms with Crippen molar-refractivity contribution in [3.8, 4) is 0 Å². The van der Waals surface area contributed by atoms with E-state index in [1.54, 1.807) is 30.3 Å². The van der Waals surface area contributed by atoms with Gasteiger partial charge in [-0.1, -0.05) is 0 Å². The highest BCUT2D eigenvalue weighted by Crippen LogP contribution is 2.07. The highest BCUT2D eigenvalue weighted by molar-refractivity contribution is 5.94. The zero-order valence-electron chi connectivity index (χ0n) is 11.0. The Morgan fingerprint density at radius 3 is 2.56 bits per heavy atom. The summed E-state index contributed by atoms with van der Waals surface area (Å²) < 4.78 is 1.43. The number of nitrogens with zero attached hydrogens (tertiary/aromatic N) is 2. The molecular formula is C13H19N3O2. The Hall–Kier alpha value is -1.62. The Morgan fingerprint density at radius 2 is 1.94 bits per heavy atom. The van der Waals surface area contributed by atoms with Crippen molar-refractivity contribution in [2.24, 2.45) is 7.05 Å². The molecule has 1 aliphatic rings. The maximum absolute atomic E-state index is 12.3. The van der Waals surface area contributed by atoms with Gasteiger partial charge < -0.3 is 14.8 Å². The van der Waals surface area contributed by atoms with Crippen LogP contribution in [0.2, 0.25) is 0 Å². The number of amides is 1. The van der Waals surface area contributed by atoms with E-state index in [1.807, 2.05) is 13.8 Å². The van der Waals surface area contributed by atoms with Crippen molar-refractivity contribution in [2.45, 2.75) is 25.9 Å². The molecule has 2 rings (SSSR count). The summed E-state index contributed by atoms with van der Waals surface area (Å²) in [5.74, 6) is -0.170. The molecule has 98 valence electrons. The Bertz CT molecular complexity index is 499. The predicted molar refractivity (Wildman–Crippen MR) is 69.6 cm³/mol. The van der Waals surface area contributed by atoms with E-state index in [0.29, 0.717) is 13.1 Å². The number of hydrogen-bond acceptors (Lipinski definition) is 3. The third-order valence-electron chi connectivity index (χ3n) is 3.20. The highest BCUT2D eigenvalue weighted by Gasteiger charge is 2.26. The summed E-state index contributed by atoms with van der Waals surface area (Å²) in [7, 11) is 1.65. The topological polar surface area (TPSA) is 54.3 Å². The first kappa shape index (κ1) is 12.8. The molecule has 0 aromatic carbocycles. The fourth-order valence-corrected chi connectivity index (χ4v) is 2.42. The van der Waals surface area contributed by atoms with Crippen LogP contribution in [0.15, 0.2) is 23.1 Å². The van der Waals surface area contributed by atoms with E-state index < -0.39 is 0 Å². The van der Waals surface area contributed by atoms with Gasteiger partial charge in [-0.25, -0.2) is 0 Å². The minimum atomic E-state index is -0.235. The standard InChI is InChI=1S/C13H19N3O2/c1-9-7-16(8-10(2)14-9)13(18)11-5-4-6-15(3)12(11)17/h4-6,9-10,14H,7-8H2,1-3H3/t9-,10-/m0/s1. The van der Waals surface area contributed by atoms with E-state index in [4.69, 9.17) is 0 Å². The van der Waals surface area contributed by atoms with Crippen LogP contribution in [-0.2, 0) is 7.05 Å². The van der Waals surface area contributed by atoms with Crippen molar-refractivity contribution in [1.82, 2.24) is 14.8 Å². The summed E-state index contributed by atoms with van der Waals surface area (Å²) in [5, 5.41) is 3.36. The number of carbonyl (C=O) groups is 1. The van der Waals surface area contributed by atoms with Crippen LogP contribution in [0, 0.1) is 0 Å². The quantitative estimate of drug-likeness (QED) is 0.774. The summed E-state index contributed by atoms with van der Waals surface area (Å²) in [6, 6.07) is 3.83. The molecule has 0 unspecified atom stereocenters. The zero-order valence-corrected chi connectivity index (χ0v) is 11.0. The van der Waals surface area contributed by atoms with Crippen molar-refractivity contribution in [3.63, 3.8) is 0 Å². The molecule has 0 radical (unpaired) electrons. The number of hydrogen-bond donors (Lipinski definition) is 1. The van der Waals surface area contributed by atoms with Gasteiger partial charge in [0.25, 0.3) is 11.5 Å². The minimum Gasteiger partial charge on any atom is -0.335 e. The summed E-state index contributed by atoms with van der Waals surface area (Å²) >= 11 is 0. The lowest BCUT2D eigenvalue weighted by Gasteiger charge is -2.36. The number of nitrogens with one attached hydrogen (secondary N) is 1. The van der Waals surface area contributed by atoms with Gasteiger partial charge in [-0.3, -0.25) is 9.59 Å². The molecule has 2 heterocycles. The Kier molecular flexibility index (Phi) is 3.52. The van der Waals surface area contributed by atoms with Crippen molar-refractivity contribution in [3.05, 3.63) is 34.2 Å². The number of aryl methyl sites for hydroxylation is 1. The van der Waals surface area contributed by atoms with Crippen LogP contribution in [0.1, 0.15) is 24.2 Å². The summed E-state index contributed by atoms with van der Waals surface area (Å²) in [4.78, 5) is 26.0. The van der Waals surface area contributed by atoms with Crippen LogP contribution in [0.3, 0.4) is 0 Å². The number of carbonyl (C=O) groups excluding carboxylic acids is 1. The van der Waals surface area contributed by atoms with E-state index in [0.717, 1.165) is 0 Å². The molecule has 1 fully saturated rings. The lowest BCUT2D eigenvalue weighted by Crippen LogP contribution is -2.56. The summed E-state index contributed by atoms with van der Waals surface area (Å²) in [6.07, 6.45) is 1.65. The first-order valence-electron chi connectivity index (χ1n) is 6.20. The van der Waals surface area contributed by atoms with Gasteiger partial charge in [-0.2, -0.15) is 0 Å². The van der Waals surface area contributed by atoms with Crippen LogP contribution in [0.5, 0.6) is 0 Å². The summed E-state index contributed by atoms with van der Waals surface area (Å²) in [5.41, 5.74) is 0.0163. The van der Waals surface area contributed by atoms with E-state index in [2.05, 4.69) is 5.32 Å².